The van der Waals surface area contributed by atoms with Crippen LogP contribution in [0.5, 0.6) is 0 Å². The Hall–Kier alpha value is 1.17. The minimum atomic E-state index is 0. The molecule has 151 valence electrons. The molecular formula is C20H14CdI5N4. The Kier molecular flexibility index (Phi) is 16.8. The van der Waals surface area contributed by atoms with Crippen molar-refractivity contribution in [1.82, 2.24) is 19.9 Å². The molecule has 2 aliphatic rings. The predicted octanol–water partition coefficient (Wildman–Crippen LogP) is 9.08. The van der Waals surface area contributed by atoms with E-state index in [9.17, 15) is 0 Å². The van der Waals surface area contributed by atoms with Crippen LogP contribution in [0, 0.1) is 0 Å². The van der Waals surface area contributed by atoms with Gasteiger partial charge in [0.25, 0.3) is 0 Å². The zero-order valence-corrected chi connectivity index (χ0v) is 30.2. The topological polar surface area (TPSA) is 57.4 Å². The second-order valence-corrected chi connectivity index (χ2v) is 5.91. The van der Waals surface area contributed by atoms with Gasteiger partial charge in [0.05, 0.1) is 22.8 Å². The summed E-state index contributed by atoms with van der Waals surface area (Å²) in [5.41, 5.74) is 7.86. The van der Waals surface area contributed by atoms with Gasteiger partial charge < -0.3 is 9.97 Å². The zero-order valence-electron chi connectivity index (χ0n) is 15.4. The molecule has 0 aliphatic carbocycles. The first-order valence-corrected chi connectivity index (χ1v) is 7.85. The fraction of sp³-hybridized carbons (Fsp3) is 0. The number of nitrogens with one attached hydrogen (secondary N) is 2. The molecule has 0 spiro atoms. The van der Waals surface area contributed by atoms with Crippen LogP contribution in [-0.4, -0.2) is 19.9 Å². The maximum atomic E-state index is 4.63. The van der Waals surface area contributed by atoms with E-state index < -0.39 is 0 Å². The van der Waals surface area contributed by atoms with Gasteiger partial charge >= 0.3 is 0 Å². The van der Waals surface area contributed by atoms with Gasteiger partial charge in [0.1, 0.15) is 0 Å². The van der Waals surface area contributed by atoms with E-state index in [0.29, 0.717) is 0 Å². The van der Waals surface area contributed by atoms with Gasteiger partial charge in [-0.2, -0.15) is 0 Å². The first kappa shape index (κ1) is 33.3. The van der Waals surface area contributed by atoms with E-state index in [1.165, 1.54) is 0 Å². The Morgan fingerprint density at radius 1 is 0.433 bits per heavy atom. The summed E-state index contributed by atoms with van der Waals surface area (Å²) in [7, 11) is 0. The van der Waals surface area contributed by atoms with Crippen LogP contribution in [0.2, 0.25) is 0 Å². The van der Waals surface area contributed by atoms with Crippen LogP contribution in [-0.2, 0) is 27.3 Å². The van der Waals surface area contributed by atoms with Gasteiger partial charge in [-0.3, -0.25) is 0 Å². The van der Waals surface area contributed by atoms with Gasteiger partial charge in [-0.05, 0) is 72.8 Å². The van der Waals surface area contributed by atoms with Gasteiger partial charge in [-0.25, -0.2) is 9.97 Å². The molecule has 0 atom stereocenters. The molecule has 5 rings (SSSR count). The van der Waals surface area contributed by atoms with Crippen LogP contribution in [0.3, 0.4) is 0 Å². The molecule has 3 aromatic heterocycles. The quantitative estimate of drug-likeness (QED) is 0.120. The molecule has 2 aliphatic heterocycles. The van der Waals surface area contributed by atoms with Crippen molar-refractivity contribution in [2.24, 2.45) is 0 Å². The molecule has 30 heavy (non-hydrogen) atoms. The number of H-pyrrole nitrogens is 2. The summed E-state index contributed by atoms with van der Waals surface area (Å²) in [6, 6.07) is 16.4. The number of rotatable bonds is 0. The third-order valence-corrected chi connectivity index (χ3v) is 4.04. The summed E-state index contributed by atoms with van der Waals surface area (Å²) in [6.07, 6.45) is 8.09. The van der Waals surface area contributed by atoms with Crippen LogP contribution < -0.4 is 0 Å². The van der Waals surface area contributed by atoms with Gasteiger partial charge in [0.15, 0.2) is 0 Å². The number of aromatic nitrogens is 4. The van der Waals surface area contributed by atoms with Crippen molar-refractivity contribution in [3.8, 4) is 0 Å². The van der Waals surface area contributed by atoms with E-state index in [0.717, 1.165) is 44.8 Å². The Morgan fingerprint density at radius 2 is 0.667 bits per heavy atom. The molecule has 0 saturated heterocycles. The standard InChI is InChI=1S/C20H14N4.Cd.5I/c1-2-14-10-16-5-6-18(23-16)12-20-8-7-19(24-20)11-17-4-3-15(22-17)9-13(1)21-14;;;;;;/h1-12,21,24H;;;;;;. The third-order valence-electron chi connectivity index (χ3n) is 4.04. The van der Waals surface area contributed by atoms with Crippen molar-refractivity contribution in [1.29, 1.82) is 0 Å². The molecule has 0 saturated carbocycles. The molecule has 3 aromatic rings. The molecule has 4 nitrogen and oxygen atoms in total. The number of nitrogens with zero attached hydrogens (tertiary/aromatic N) is 2. The second kappa shape index (κ2) is 15.1. The van der Waals surface area contributed by atoms with E-state index in [1.54, 1.807) is 0 Å². The molecule has 0 aromatic carbocycles. The monoisotopic (exact) mass is 1060 g/mol. The van der Waals surface area contributed by atoms with E-state index >= 15 is 0 Å². The zero-order chi connectivity index (χ0) is 15.9. The van der Waals surface area contributed by atoms with Crippen LogP contribution >= 0.6 is 120 Å². The molecular weight excluding hydrogens is 1040 g/mol. The Bertz CT molecular complexity index is 1010. The summed E-state index contributed by atoms with van der Waals surface area (Å²) >= 11 is 0. The normalized spacial score (nSPS) is 10.1. The number of hydrogen-bond acceptors (Lipinski definition) is 2. The maximum Gasteiger partial charge on any atom is 0.0658 e. The first-order chi connectivity index (χ1) is 11.8. The summed E-state index contributed by atoms with van der Waals surface area (Å²) in [5.74, 6) is 0. The van der Waals surface area contributed by atoms with Gasteiger partial charge in [0.2, 0.25) is 0 Å². The fourth-order valence-electron chi connectivity index (χ4n) is 2.94. The Balaban J connectivity index is 0. The minimum absolute atomic E-state index is 0. The summed E-state index contributed by atoms with van der Waals surface area (Å²) in [4.78, 5) is 16.0. The Labute approximate surface area is 280 Å². The van der Waals surface area contributed by atoms with Gasteiger partial charge in [0, 0.05) is 169 Å². The summed E-state index contributed by atoms with van der Waals surface area (Å²) in [5, 5.41) is 0. The second-order valence-electron chi connectivity index (χ2n) is 5.91. The molecule has 2 N–H and O–H groups in total. The molecule has 0 fully saturated rings. The van der Waals surface area contributed by atoms with E-state index in [4.69, 9.17) is 0 Å². The van der Waals surface area contributed by atoms with Gasteiger partial charge in [-0.15, -0.1) is 0 Å². The minimum Gasteiger partial charge on any atom is -0.355 e. The van der Waals surface area contributed by atoms with Crippen molar-refractivity contribution in [3.63, 3.8) is 0 Å². The molecule has 10 heteroatoms. The van der Waals surface area contributed by atoms with Crippen LogP contribution in [0.1, 0.15) is 22.8 Å². The smallest absolute Gasteiger partial charge is 0.0658 e. The number of hydrogen-bond donors (Lipinski definition) is 2. The summed E-state index contributed by atoms with van der Waals surface area (Å²) in [6.45, 7) is 0. The fourth-order valence-corrected chi connectivity index (χ4v) is 2.94. The third kappa shape index (κ3) is 8.19. The average Bonchev–Trinajstić information content (AvgIpc) is 3.32. The van der Waals surface area contributed by atoms with E-state index in [-0.39, 0.29) is 147 Å². The van der Waals surface area contributed by atoms with Crippen molar-refractivity contribution < 1.29 is 27.3 Å². The van der Waals surface area contributed by atoms with Crippen LogP contribution in [0.25, 0.3) is 46.4 Å². The Morgan fingerprint density at radius 3 is 0.900 bits per heavy atom. The molecule has 8 bridgehead atoms. The van der Waals surface area contributed by atoms with Crippen LogP contribution in [0.15, 0.2) is 48.5 Å². The molecule has 5 heterocycles. The number of fused-ring (bicyclic) bond motifs is 8. The van der Waals surface area contributed by atoms with Crippen LogP contribution in [0.4, 0.5) is 0 Å². The SMILES string of the molecule is C1=Cc2cc3ccc(cc4nc(cc5ccc(cc1n2)[nH]5)C=C4)[nH]3.[Cd].[I].[I].[I].[I].[I]. The molecule has 5 radical (unpaired) electrons. The van der Waals surface area contributed by atoms with E-state index in [2.05, 4.69) is 44.2 Å². The van der Waals surface area contributed by atoms with Crippen molar-refractivity contribution in [3.05, 3.63) is 71.3 Å². The summed E-state index contributed by atoms with van der Waals surface area (Å²) < 4.78 is 0. The largest absolute Gasteiger partial charge is 0.355 e. The number of aromatic amines is 2. The van der Waals surface area contributed by atoms with Crippen molar-refractivity contribution in [2.75, 3.05) is 0 Å². The first-order valence-electron chi connectivity index (χ1n) is 7.85. The van der Waals surface area contributed by atoms with Crippen molar-refractivity contribution >= 4 is 166 Å². The van der Waals surface area contributed by atoms with Crippen molar-refractivity contribution in [2.45, 2.75) is 0 Å². The maximum absolute atomic E-state index is 4.63. The van der Waals surface area contributed by atoms with Gasteiger partial charge in [-0.1, -0.05) is 0 Å². The predicted molar refractivity (Wildman–Crippen MR) is 169 cm³/mol. The average molecular weight is 1060 g/mol. The van der Waals surface area contributed by atoms with E-state index in [1.807, 2.05) is 48.6 Å². The molecule has 0 unspecified atom stereocenters. The molecule has 0 amide bonds. The number of halogens is 5.